The molecule has 6 nitrogen and oxygen atoms in total. The van der Waals surface area contributed by atoms with E-state index < -0.39 is 0 Å². The van der Waals surface area contributed by atoms with E-state index in [1.807, 2.05) is 17.6 Å². The maximum Gasteiger partial charge on any atom is 0.246 e. The van der Waals surface area contributed by atoms with Crippen LogP contribution in [0.1, 0.15) is 37.9 Å². The fourth-order valence-corrected chi connectivity index (χ4v) is 3.56. The van der Waals surface area contributed by atoms with E-state index in [1.54, 1.807) is 0 Å². The van der Waals surface area contributed by atoms with Crippen molar-refractivity contribution in [3.63, 3.8) is 0 Å². The predicted octanol–water partition coefficient (Wildman–Crippen LogP) is 1.74. The Morgan fingerprint density at radius 3 is 2.83 bits per heavy atom. The Labute approximate surface area is 144 Å². The zero-order chi connectivity index (χ0) is 17.5. The smallest absolute Gasteiger partial charge is 0.246 e. The van der Waals surface area contributed by atoms with E-state index in [-0.39, 0.29) is 18.6 Å². The molecule has 1 aliphatic rings. The van der Waals surface area contributed by atoms with E-state index in [0.717, 1.165) is 44.6 Å². The summed E-state index contributed by atoms with van der Waals surface area (Å²) in [6, 6.07) is 4.39. The zero-order valence-corrected chi connectivity index (χ0v) is 14.9. The Hall–Kier alpha value is -1.84. The van der Waals surface area contributed by atoms with Crippen LogP contribution in [0.2, 0.25) is 0 Å². The molecule has 2 rings (SSSR count). The summed E-state index contributed by atoms with van der Waals surface area (Å²) in [6.07, 6.45) is 4.28. The molecule has 1 N–H and O–H groups in total. The number of likely N-dealkylation sites (tertiary alicyclic amines) is 1. The molecule has 0 radical (unpaired) electrons. The van der Waals surface area contributed by atoms with Gasteiger partial charge in [-0.15, -0.1) is 0 Å². The first-order chi connectivity index (χ1) is 11.6. The van der Waals surface area contributed by atoms with E-state index in [9.17, 15) is 10.1 Å². The molecule has 1 aliphatic heterocycles. The van der Waals surface area contributed by atoms with Crippen molar-refractivity contribution in [1.29, 1.82) is 5.26 Å². The number of hydrogen-bond acceptors (Lipinski definition) is 4. The lowest BCUT2D eigenvalue weighted by molar-refractivity contribution is -0.125. The summed E-state index contributed by atoms with van der Waals surface area (Å²) in [4.78, 5) is 14.2. The first-order valence-corrected chi connectivity index (χ1v) is 8.71. The molecule has 0 unspecified atom stereocenters. The van der Waals surface area contributed by atoms with Crippen molar-refractivity contribution in [2.24, 2.45) is 5.92 Å². The Morgan fingerprint density at radius 1 is 1.46 bits per heavy atom. The molecule has 24 heavy (non-hydrogen) atoms. The number of aryl methyl sites for hydroxylation is 1. The first kappa shape index (κ1) is 18.5. The van der Waals surface area contributed by atoms with Crippen LogP contribution in [0.25, 0.3) is 0 Å². The van der Waals surface area contributed by atoms with Gasteiger partial charge in [-0.1, -0.05) is 13.3 Å². The molecule has 1 amide bonds. The standard InChI is InChI=1S/C18H28N4O2/c1-4-6-15-11-21(12-17(15)20-18(23)13-24-3)9-14-7-16(8-19)22(5-2)10-14/h7,10,15,17H,4-6,9,11-13H2,1-3H3,(H,20,23)/t15-,17-/m1/s1. The van der Waals surface area contributed by atoms with Crippen molar-refractivity contribution >= 4 is 5.91 Å². The number of ether oxygens (including phenoxy) is 1. The number of aromatic nitrogens is 1. The van der Waals surface area contributed by atoms with Gasteiger partial charge < -0.3 is 14.6 Å². The van der Waals surface area contributed by atoms with Gasteiger partial charge in [0.25, 0.3) is 0 Å². The number of nitriles is 1. The second-order valence-corrected chi connectivity index (χ2v) is 6.48. The summed E-state index contributed by atoms with van der Waals surface area (Å²) in [5, 5.41) is 12.3. The lowest BCUT2D eigenvalue weighted by atomic mass is 9.98. The molecule has 1 fully saturated rings. The molecule has 0 aliphatic carbocycles. The summed E-state index contributed by atoms with van der Waals surface area (Å²) in [5.74, 6) is 0.425. The van der Waals surface area contributed by atoms with Gasteiger partial charge in [-0.2, -0.15) is 5.26 Å². The first-order valence-electron chi connectivity index (χ1n) is 8.71. The molecule has 2 heterocycles. The molecule has 0 saturated carbocycles. The summed E-state index contributed by atoms with van der Waals surface area (Å²) in [7, 11) is 1.54. The molecule has 1 aromatic heterocycles. The van der Waals surface area contributed by atoms with Gasteiger partial charge in [-0.05, 0) is 30.9 Å². The van der Waals surface area contributed by atoms with Crippen LogP contribution < -0.4 is 5.32 Å². The Morgan fingerprint density at radius 2 is 2.25 bits per heavy atom. The molecule has 2 atom stereocenters. The van der Waals surface area contributed by atoms with Gasteiger partial charge >= 0.3 is 0 Å². The Balaban J connectivity index is 2.00. The molecule has 6 heteroatoms. The molecular formula is C18H28N4O2. The minimum absolute atomic E-state index is 0.0469. The van der Waals surface area contributed by atoms with Gasteiger partial charge in [0.1, 0.15) is 18.4 Å². The summed E-state index contributed by atoms with van der Waals surface area (Å²) in [6.45, 7) is 7.77. The normalized spacial score (nSPS) is 20.9. The lowest BCUT2D eigenvalue weighted by Gasteiger charge is -2.19. The van der Waals surface area contributed by atoms with Crippen molar-refractivity contribution in [3.05, 3.63) is 23.5 Å². The third-order valence-electron chi connectivity index (χ3n) is 4.61. The second-order valence-electron chi connectivity index (χ2n) is 6.48. The fraction of sp³-hybridized carbons (Fsp3) is 0.667. The number of methoxy groups -OCH3 is 1. The van der Waals surface area contributed by atoms with Crippen molar-refractivity contribution < 1.29 is 9.53 Å². The predicted molar refractivity (Wildman–Crippen MR) is 92.3 cm³/mol. The van der Waals surface area contributed by atoms with Crippen molar-refractivity contribution in [1.82, 2.24) is 14.8 Å². The molecule has 0 bridgehead atoms. The lowest BCUT2D eigenvalue weighted by Crippen LogP contribution is -2.42. The SMILES string of the molecule is CCC[C@@H]1CN(Cc2cc(C#N)n(CC)c2)C[C@H]1NC(=O)COC. The summed E-state index contributed by atoms with van der Waals surface area (Å²) in [5.41, 5.74) is 1.87. The molecule has 1 aromatic rings. The highest BCUT2D eigenvalue weighted by atomic mass is 16.5. The molecule has 1 saturated heterocycles. The zero-order valence-electron chi connectivity index (χ0n) is 14.9. The van der Waals surface area contributed by atoms with Crippen LogP contribution in [0.3, 0.4) is 0 Å². The van der Waals surface area contributed by atoms with Crippen molar-refractivity contribution in [2.75, 3.05) is 26.8 Å². The molecular weight excluding hydrogens is 304 g/mol. The van der Waals surface area contributed by atoms with E-state index in [0.29, 0.717) is 11.6 Å². The number of hydrogen-bond donors (Lipinski definition) is 1. The number of nitrogens with zero attached hydrogens (tertiary/aromatic N) is 3. The summed E-state index contributed by atoms with van der Waals surface area (Å²) < 4.78 is 6.89. The van der Waals surface area contributed by atoms with Gasteiger partial charge in [0.15, 0.2) is 0 Å². The highest BCUT2D eigenvalue weighted by Gasteiger charge is 2.33. The van der Waals surface area contributed by atoms with Gasteiger partial charge in [0.2, 0.25) is 5.91 Å². The third-order valence-corrected chi connectivity index (χ3v) is 4.61. The fourth-order valence-electron chi connectivity index (χ4n) is 3.56. The van der Waals surface area contributed by atoms with Crippen LogP contribution in [-0.2, 0) is 22.6 Å². The molecule has 0 aromatic carbocycles. The molecule has 132 valence electrons. The monoisotopic (exact) mass is 332 g/mol. The van der Waals surface area contributed by atoms with Gasteiger partial charge in [-0.3, -0.25) is 9.69 Å². The van der Waals surface area contributed by atoms with Gasteiger partial charge in [0, 0.05) is 45.5 Å². The van der Waals surface area contributed by atoms with E-state index in [4.69, 9.17) is 4.74 Å². The van der Waals surface area contributed by atoms with Gasteiger partial charge in [-0.25, -0.2) is 0 Å². The number of nitrogens with one attached hydrogen (secondary N) is 1. The van der Waals surface area contributed by atoms with Crippen LogP contribution in [0.5, 0.6) is 0 Å². The number of carbonyl (C=O) groups is 1. The molecule has 0 spiro atoms. The van der Waals surface area contributed by atoms with Crippen LogP contribution in [-0.4, -0.2) is 48.2 Å². The van der Waals surface area contributed by atoms with E-state index >= 15 is 0 Å². The summed E-state index contributed by atoms with van der Waals surface area (Å²) >= 11 is 0. The van der Waals surface area contributed by atoms with Crippen LogP contribution in [0, 0.1) is 17.2 Å². The van der Waals surface area contributed by atoms with E-state index in [1.165, 1.54) is 7.11 Å². The Bertz CT molecular complexity index is 590. The van der Waals surface area contributed by atoms with Crippen molar-refractivity contribution in [3.8, 4) is 6.07 Å². The number of rotatable bonds is 8. The maximum absolute atomic E-state index is 11.8. The Kier molecular flexibility index (Phi) is 6.83. The van der Waals surface area contributed by atoms with Crippen LogP contribution >= 0.6 is 0 Å². The largest absolute Gasteiger partial charge is 0.375 e. The topological polar surface area (TPSA) is 70.3 Å². The van der Waals surface area contributed by atoms with Crippen molar-refractivity contribution in [2.45, 2.75) is 45.8 Å². The second kappa shape index (κ2) is 8.86. The minimum atomic E-state index is -0.0469. The minimum Gasteiger partial charge on any atom is -0.375 e. The quantitative estimate of drug-likeness (QED) is 0.787. The third kappa shape index (κ3) is 4.59. The number of amides is 1. The van der Waals surface area contributed by atoms with E-state index in [2.05, 4.69) is 29.4 Å². The van der Waals surface area contributed by atoms with Gasteiger partial charge in [0.05, 0.1) is 0 Å². The highest BCUT2D eigenvalue weighted by Crippen LogP contribution is 2.24. The maximum atomic E-state index is 11.8. The average Bonchev–Trinajstić information content (AvgIpc) is 3.12. The highest BCUT2D eigenvalue weighted by molar-refractivity contribution is 5.77. The number of carbonyl (C=O) groups excluding carboxylic acids is 1. The average molecular weight is 332 g/mol. The van der Waals surface area contributed by atoms with Crippen LogP contribution in [0.4, 0.5) is 0 Å². The van der Waals surface area contributed by atoms with Crippen LogP contribution in [0.15, 0.2) is 12.3 Å².